The molecule has 0 unspecified atom stereocenters. The molecule has 130 valence electrons. The second-order valence-electron chi connectivity index (χ2n) is 6.96. The molecule has 1 amide bonds. The van der Waals surface area contributed by atoms with E-state index in [1.165, 1.54) is 0 Å². The highest BCUT2D eigenvalue weighted by atomic mass is 16.4. The average Bonchev–Trinajstić information content (AvgIpc) is 2.87. The number of carboxylic acids is 1. The number of fused-ring (bicyclic) bond motifs is 1. The van der Waals surface area contributed by atoms with Gasteiger partial charge in [-0.1, -0.05) is 0 Å². The summed E-state index contributed by atoms with van der Waals surface area (Å²) >= 11 is 0. The van der Waals surface area contributed by atoms with Crippen LogP contribution in [0.2, 0.25) is 0 Å². The predicted molar refractivity (Wildman–Crippen MR) is 91.1 cm³/mol. The van der Waals surface area contributed by atoms with E-state index in [-0.39, 0.29) is 18.4 Å². The molecule has 2 heterocycles. The van der Waals surface area contributed by atoms with Crippen LogP contribution in [0, 0.1) is 6.92 Å². The summed E-state index contributed by atoms with van der Waals surface area (Å²) in [6.07, 6.45) is 2.01. The highest BCUT2D eigenvalue weighted by Gasteiger charge is 2.24. The number of carbonyl (C=O) groups excluding carboxylic acids is 1. The third-order valence-corrected chi connectivity index (χ3v) is 3.84. The van der Waals surface area contributed by atoms with Gasteiger partial charge in [-0.3, -0.25) is 9.59 Å². The molecule has 2 N–H and O–H groups in total. The van der Waals surface area contributed by atoms with E-state index in [0.717, 1.165) is 5.69 Å². The Morgan fingerprint density at radius 2 is 2.04 bits per heavy atom. The number of nitrogens with zero attached hydrogens (tertiary/aromatic N) is 3. The monoisotopic (exact) mass is 332 g/mol. The first-order valence-corrected chi connectivity index (χ1v) is 8.00. The number of rotatable bonds is 6. The minimum absolute atomic E-state index is 0.00332. The van der Waals surface area contributed by atoms with Crippen molar-refractivity contribution < 1.29 is 14.7 Å². The standard InChI is InChI=1S/C17H24N4O3/c1-10(2)21-15-13(9-18-21)12(8-11(3)19-15)16(24)20-17(4,5)7-6-14(22)23/h8-10H,6-7H2,1-5H3,(H,20,24)(H,22,23). The quantitative estimate of drug-likeness (QED) is 0.847. The molecule has 0 aromatic carbocycles. The van der Waals surface area contributed by atoms with Crippen molar-refractivity contribution in [1.29, 1.82) is 0 Å². The van der Waals surface area contributed by atoms with Crippen molar-refractivity contribution in [3.63, 3.8) is 0 Å². The molecule has 0 atom stereocenters. The van der Waals surface area contributed by atoms with Crippen LogP contribution in [-0.2, 0) is 4.79 Å². The number of carboxylic acid groups (broad SMARTS) is 1. The van der Waals surface area contributed by atoms with Crippen molar-refractivity contribution in [3.8, 4) is 0 Å². The summed E-state index contributed by atoms with van der Waals surface area (Å²) in [5, 5.41) is 16.8. The number of aromatic nitrogens is 3. The van der Waals surface area contributed by atoms with Gasteiger partial charge in [0.15, 0.2) is 5.65 Å². The molecule has 7 heteroatoms. The Balaban J connectivity index is 2.34. The lowest BCUT2D eigenvalue weighted by Crippen LogP contribution is -2.43. The fraction of sp³-hybridized carbons (Fsp3) is 0.529. The summed E-state index contributed by atoms with van der Waals surface area (Å²) in [5.41, 5.74) is 1.30. The van der Waals surface area contributed by atoms with Crippen LogP contribution >= 0.6 is 0 Å². The fourth-order valence-corrected chi connectivity index (χ4v) is 2.57. The summed E-state index contributed by atoms with van der Waals surface area (Å²) in [7, 11) is 0. The zero-order valence-electron chi connectivity index (χ0n) is 14.8. The van der Waals surface area contributed by atoms with Crippen molar-refractivity contribution in [3.05, 3.63) is 23.5 Å². The molecule has 0 aliphatic heterocycles. The fourth-order valence-electron chi connectivity index (χ4n) is 2.57. The number of carbonyl (C=O) groups is 2. The van der Waals surface area contributed by atoms with E-state index in [4.69, 9.17) is 5.11 Å². The molecule has 0 saturated heterocycles. The predicted octanol–water partition coefficient (Wildman–Crippen LogP) is 2.69. The molecule has 0 saturated carbocycles. The molecule has 0 spiro atoms. The zero-order valence-corrected chi connectivity index (χ0v) is 14.8. The van der Waals surface area contributed by atoms with Crippen LogP contribution in [-0.4, -0.2) is 37.3 Å². The van der Waals surface area contributed by atoms with E-state index in [1.807, 2.05) is 34.6 Å². The number of pyridine rings is 1. The SMILES string of the molecule is Cc1cc(C(=O)NC(C)(C)CCC(=O)O)c2cnn(C(C)C)c2n1. The van der Waals surface area contributed by atoms with Gasteiger partial charge in [0.2, 0.25) is 0 Å². The van der Waals surface area contributed by atoms with Crippen LogP contribution < -0.4 is 5.32 Å². The summed E-state index contributed by atoms with van der Waals surface area (Å²) < 4.78 is 1.79. The Kier molecular flexibility index (Phi) is 4.91. The van der Waals surface area contributed by atoms with E-state index in [9.17, 15) is 9.59 Å². The minimum Gasteiger partial charge on any atom is -0.481 e. The molecular formula is C17H24N4O3. The maximum absolute atomic E-state index is 12.7. The third kappa shape index (κ3) is 3.90. The zero-order chi connectivity index (χ0) is 18.1. The number of nitrogens with one attached hydrogen (secondary N) is 1. The van der Waals surface area contributed by atoms with Gasteiger partial charge >= 0.3 is 5.97 Å². The van der Waals surface area contributed by atoms with Gasteiger partial charge in [-0.25, -0.2) is 9.67 Å². The number of hydrogen-bond acceptors (Lipinski definition) is 4. The molecule has 0 fully saturated rings. The Bertz CT molecular complexity index is 777. The van der Waals surface area contributed by atoms with Crippen LogP contribution in [0.25, 0.3) is 11.0 Å². The van der Waals surface area contributed by atoms with Crippen molar-refractivity contribution in [2.45, 2.75) is 59.0 Å². The normalized spacial score (nSPS) is 11.9. The van der Waals surface area contributed by atoms with Crippen LogP contribution in [0.4, 0.5) is 0 Å². The van der Waals surface area contributed by atoms with Gasteiger partial charge in [-0.15, -0.1) is 0 Å². The first-order chi connectivity index (χ1) is 11.1. The number of aryl methyl sites for hydroxylation is 1. The largest absolute Gasteiger partial charge is 0.481 e. The van der Waals surface area contributed by atoms with Crippen molar-refractivity contribution in [2.24, 2.45) is 0 Å². The van der Waals surface area contributed by atoms with E-state index in [0.29, 0.717) is 23.0 Å². The summed E-state index contributed by atoms with van der Waals surface area (Å²) in [4.78, 5) is 28.0. The molecule has 0 aliphatic rings. The first-order valence-electron chi connectivity index (χ1n) is 8.00. The lowest BCUT2D eigenvalue weighted by Gasteiger charge is -2.25. The van der Waals surface area contributed by atoms with Crippen LogP contribution in [0.5, 0.6) is 0 Å². The van der Waals surface area contributed by atoms with Gasteiger partial charge in [0.25, 0.3) is 5.91 Å². The smallest absolute Gasteiger partial charge is 0.303 e. The Hall–Kier alpha value is -2.44. The minimum atomic E-state index is -0.877. The molecule has 2 aromatic rings. The van der Waals surface area contributed by atoms with Crippen LogP contribution in [0.15, 0.2) is 12.3 Å². The third-order valence-electron chi connectivity index (χ3n) is 3.84. The van der Waals surface area contributed by atoms with Gasteiger partial charge in [-0.05, 0) is 47.1 Å². The van der Waals surface area contributed by atoms with E-state index in [2.05, 4.69) is 15.4 Å². The summed E-state index contributed by atoms with van der Waals surface area (Å²) in [5.74, 6) is -1.12. The molecule has 24 heavy (non-hydrogen) atoms. The van der Waals surface area contributed by atoms with Crippen molar-refractivity contribution >= 4 is 22.9 Å². The number of hydrogen-bond donors (Lipinski definition) is 2. The van der Waals surface area contributed by atoms with Crippen molar-refractivity contribution in [2.75, 3.05) is 0 Å². The highest BCUT2D eigenvalue weighted by molar-refractivity contribution is 6.05. The molecule has 0 radical (unpaired) electrons. The molecule has 2 rings (SSSR count). The van der Waals surface area contributed by atoms with Crippen LogP contribution in [0.1, 0.15) is 62.6 Å². The van der Waals surface area contributed by atoms with Gasteiger partial charge in [0.05, 0.1) is 17.1 Å². The van der Waals surface area contributed by atoms with Crippen molar-refractivity contribution in [1.82, 2.24) is 20.1 Å². The maximum atomic E-state index is 12.7. The van der Waals surface area contributed by atoms with Crippen LogP contribution in [0.3, 0.4) is 0 Å². The highest BCUT2D eigenvalue weighted by Crippen LogP contribution is 2.22. The lowest BCUT2D eigenvalue weighted by atomic mass is 9.97. The summed E-state index contributed by atoms with van der Waals surface area (Å²) in [6, 6.07) is 1.87. The number of amides is 1. The van der Waals surface area contributed by atoms with E-state index < -0.39 is 11.5 Å². The van der Waals surface area contributed by atoms with E-state index >= 15 is 0 Å². The van der Waals surface area contributed by atoms with Gasteiger partial charge in [-0.2, -0.15) is 5.10 Å². The molecule has 2 aromatic heterocycles. The second kappa shape index (κ2) is 6.59. The Morgan fingerprint density at radius 3 is 2.62 bits per heavy atom. The average molecular weight is 332 g/mol. The lowest BCUT2D eigenvalue weighted by molar-refractivity contribution is -0.137. The first kappa shape index (κ1) is 17.9. The van der Waals surface area contributed by atoms with Gasteiger partial charge < -0.3 is 10.4 Å². The Morgan fingerprint density at radius 1 is 1.38 bits per heavy atom. The topological polar surface area (TPSA) is 97.1 Å². The molecule has 0 aliphatic carbocycles. The van der Waals surface area contributed by atoms with Gasteiger partial charge in [0, 0.05) is 23.7 Å². The molecule has 7 nitrogen and oxygen atoms in total. The number of aliphatic carboxylic acids is 1. The maximum Gasteiger partial charge on any atom is 0.303 e. The Labute approximate surface area is 141 Å². The molecular weight excluding hydrogens is 308 g/mol. The van der Waals surface area contributed by atoms with Gasteiger partial charge in [0.1, 0.15) is 0 Å². The molecule has 0 bridgehead atoms. The summed E-state index contributed by atoms with van der Waals surface area (Å²) in [6.45, 7) is 9.48. The van der Waals surface area contributed by atoms with E-state index in [1.54, 1.807) is 16.9 Å². The second-order valence-corrected chi connectivity index (χ2v) is 6.96.